The Hall–Kier alpha value is -1.31. The maximum atomic E-state index is 12.2. The van der Waals surface area contributed by atoms with Crippen LogP contribution >= 0.6 is 0 Å². The quantitative estimate of drug-likeness (QED) is 0.562. The Balaban J connectivity index is 2.28. The molecule has 0 unspecified atom stereocenters. The number of hydrogen-bond acceptors (Lipinski definition) is 4. The predicted molar refractivity (Wildman–Crippen MR) is 64.9 cm³/mol. The van der Waals surface area contributed by atoms with Crippen LogP contribution in [0.3, 0.4) is 0 Å². The van der Waals surface area contributed by atoms with Crippen LogP contribution in [0.5, 0.6) is 0 Å². The third-order valence-corrected chi connectivity index (χ3v) is 3.02. The first-order valence-corrected chi connectivity index (χ1v) is 6.58. The lowest BCUT2D eigenvalue weighted by Gasteiger charge is -2.34. The predicted octanol–water partition coefficient (Wildman–Crippen LogP) is 1.04. The minimum atomic E-state index is -4.83. The first kappa shape index (κ1) is 16.7. The molecule has 0 bridgehead atoms. The first-order chi connectivity index (χ1) is 9.34. The summed E-state index contributed by atoms with van der Waals surface area (Å²) in [6.07, 6.45) is -3.12. The van der Waals surface area contributed by atoms with E-state index in [2.05, 4.69) is 0 Å². The van der Waals surface area contributed by atoms with Gasteiger partial charge in [-0.3, -0.25) is 14.5 Å². The molecule has 1 aliphatic heterocycles. The monoisotopic (exact) mass is 296 g/mol. The number of piperazine rings is 1. The van der Waals surface area contributed by atoms with Crippen LogP contribution < -0.4 is 0 Å². The fourth-order valence-corrected chi connectivity index (χ4v) is 1.85. The van der Waals surface area contributed by atoms with Gasteiger partial charge in [-0.25, -0.2) is 0 Å². The zero-order valence-electron chi connectivity index (χ0n) is 11.4. The summed E-state index contributed by atoms with van der Waals surface area (Å²) in [7, 11) is 0. The van der Waals surface area contributed by atoms with E-state index in [9.17, 15) is 22.8 Å². The summed E-state index contributed by atoms with van der Waals surface area (Å²) in [4.78, 5) is 24.9. The maximum Gasteiger partial charge on any atom is 0.471 e. The van der Waals surface area contributed by atoms with Crippen LogP contribution in [0.4, 0.5) is 13.2 Å². The molecule has 0 aromatic rings. The van der Waals surface area contributed by atoms with Crippen LogP contribution in [0, 0.1) is 0 Å². The third-order valence-electron chi connectivity index (χ3n) is 3.02. The summed E-state index contributed by atoms with van der Waals surface area (Å²) in [5.41, 5.74) is 0. The number of ether oxygens (including phenoxy) is 1. The number of rotatable bonds is 5. The zero-order valence-corrected chi connectivity index (χ0v) is 11.4. The second-order valence-corrected chi connectivity index (χ2v) is 4.64. The van der Waals surface area contributed by atoms with Gasteiger partial charge in [-0.1, -0.05) is 13.3 Å². The topological polar surface area (TPSA) is 49.9 Å². The Labute approximate surface area is 115 Å². The molecule has 0 aromatic carbocycles. The minimum Gasteiger partial charge on any atom is -0.465 e. The number of nitrogens with zero attached hydrogens (tertiary/aromatic N) is 2. The van der Waals surface area contributed by atoms with E-state index >= 15 is 0 Å². The highest BCUT2D eigenvalue weighted by atomic mass is 19.4. The number of unbranched alkanes of at least 4 members (excludes halogenated alkanes) is 1. The molecule has 116 valence electrons. The van der Waals surface area contributed by atoms with Crippen LogP contribution in [0.15, 0.2) is 0 Å². The molecule has 0 spiro atoms. The van der Waals surface area contributed by atoms with Crippen LogP contribution in [0.1, 0.15) is 19.8 Å². The van der Waals surface area contributed by atoms with Gasteiger partial charge in [-0.05, 0) is 6.42 Å². The first-order valence-electron chi connectivity index (χ1n) is 6.58. The summed E-state index contributed by atoms with van der Waals surface area (Å²) in [5, 5.41) is 0. The summed E-state index contributed by atoms with van der Waals surface area (Å²) >= 11 is 0. The van der Waals surface area contributed by atoms with Gasteiger partial charge in [0, 0.05) is 26.2 Å². The lowest BCUT2D eigenvalue weighted by molar-refractivity contribution is -0.187. The molecule has 0 aliphatic carbocycles. The summed E-state index contributed by atoms with van der Waals surface area (Å²) in [5.74, 6) is -2.20. The number of hydrogen-bond donors (Lipinski definition) is 0. The molecule has 1 amide bonds. The van der Waals surface area contributed by atoms with Crippen molar-refractivity contribution in [3.63, 3.8) is 0 Å². The van der Waals surface area contributed by atoms with Crippen LogP contribution in [-0.2, 0) is 14.3 Å². The number of carbonyl (C=O) groups is 2. The normalized spacial score (nSPS) is 17.1. The molecule has 1 rings (SSSR count). The van der Waals surface area contributed by atoms with Crippen molar-refractivity contribution < 1.29 is 27.5 Å². The van der Waals surface area contributed by atoms with E-state index in [1.807, 2.05) is 6.92 Å². The van der Waals surface area contributed by atoms with Gasteiger partial charge in [0.05, 0.1) is 13.2 Å². The molecule has 1 heterocycles. The van der Waals surface area contributed by atoms with Gasteiger partial charge in [-0.2, -0.15) is 13.2 Å². The van der Waals surface area contributed by atoms with Crippen molar-refractivity contribution in [2.45, 2.75) is 25.9 Å². The van der Waals surface area contributed by atoms with Gasteiger partial charge in [0.2, 0.25) is 0 Å². The molecular formula is C12H19F3N2O3. The summed E-state index contributed by atoms with van der Waals surface area (Å²) in [6.45, 7) is 2.82. The largest absolute Gasteiger partial charge is 0.471 e. The van der Waals surface area contributed by atoms with E-state index in [0.717, 1.165) is 17.7 Å². The van der Waals surface area contributed by atoms with Crippen molar-refractivity contribution in [2.24, 2.45) is 0 Å². The molecule has 8 heteroatoms. The van der Waals surface area contributed by atoms with E-state index < -0.39 is 12.1 Å². The van der Waals surface area contributed by atoms with Crippen LogP contribution in [-0.4, -0.2) is 67.2 Å². The molecule has 1 fully saturated rings. The molecule has 0 radical (unpaired) electrons. The van der Waals surface area contributed by atoms with E-state index in [1.165, 1.54) is 0 Å². The molecule has 5 nitrogen and oxygen atoms in total. The summed E-state index contributed by atoms with van der Waals surface area (Å²) in [6, 6.07) is 0. The Kier molecular flexibility index (Phi) is 6.25. The lowest BCUT2D eigenvalue weighted by atomic mass is 10.3. The van der Waals surface area contributed by atoms with Gasteiger partial charge in [0.25, 0.3) is 0 Å². The zero-order chi connectivity index (χ0) is 15.2. The van der Waals surface area contributed by atoms with Crippen molar-refractivity contribution in [1.82, 2.24) is 9.80 Å². The highest BCUT2D eigenvalue weighted by Crippen LogP contribution is 2.19. The lowest BCUT2D eigenvalue weighted by Crippen LogP contribution is -2.53. The average molecular weight is 296 g/mol. The number of amides is 1. The fourth-order valence-electron chi connectivity index (χ4n) is 1.85. The Morgan fingerprint density at radius 2 is 1.75 bits per heavy atom. The molecule has 0 saturated carbocycles. The minimum absolute atomic E-state index is 0.0272. The van der Waals surface area contributed by atoms with Gasteiger partial charge < -0.3 is 9.64 Å². The number of carbonyl (C=O) groups excluding carboxylic acids is 2. The van der Waals surface area contributed by atoms with E-state index in [-0.39, 0.29) is 38.7 Å². The molecule has 1 saturated heterocycles. The van der Waals surface area contributed by atoms with Gasteiger partial charge in [0.1, 0.15) is 0 Å². The SMILES string of the molecule is CCCCOC(=O)CN1CCN(C(=O)C(F)(F)F)CC1. The molecule has 1 aliphatic rings. The van der Waals surface area contributed by atoms with Crippen LogP contribution in [0.25, 0.3) is 0 Å². The van der Waals surface area contributed by atoms with Crippen molar-refractivity contribution in [2.75, 3.05) is 39.3 Å². The molecule has 0 N–H and O–H groups in total. The van der Waals surface area contributed by atoms with E-state index in [0.29, 0.717) is 6.61 Å². The Morgan fingerprint density at radius 3 is 2.25 bits per heavy atom. The second-order valence-electron chi connectivity index (χ2n) is 4.64. The number of halogens is 3. The van der Waals surface area contributed by atoms with Gasteiger partial charge >= 0.3 is 18.1 Å². The van der Waals surface area contributed by atoms with E-state index in [4.69, 9.17) is 4.74 Å². The summed E-state index contributed by atoms with van der Waals surface area (Å²) < 4.78 is 41.7. The van der Waals surface area contributed by atoms with Crippen molar-refractivity contribution in [1.29, 1.82) is 0 Å². The number of alkyl halides is 3. The van der Waals surface area contributed by atoms with Crippen LogP contribution in [0.2, 0.25) is 0 Å². The molecular weight excluding hydrogens is 277 g/mol. The molecule has 20 heavy (non-hydrogen) atoms. The number of esters is 1. The Bertz CT molecular complexity index is 339. The standard InChI is InChI=1S/C12H19F3N2O3/c1-2-3-8-20-10(18)9-16-4-6-17(7-5-16)11(19)12(13,14)15/h2-9H2,1H3. The van der Waals surface area contributed by atoms with Crippen molar-refractivity contribution >= 4 is 11.9 Å². The van der Waals surface area contributed by atoms with Crippen molar-refractivity contribution in [3.8, 4) is 0 Å². The maximum absolute atomic E-state index is 12.2. The fraction of sp³-hybridized carbons (Fsp3) is 0.833. The van der Waals surface area contributed by atoms with E-state index in [1.54, 1.807) is 4.90 Å². The Morgan fingerprint density at radius 1 is 1.15 bits per heavy atom. The average Bonchev–Trinajstić information content (AvgIpc) is 2.38. The second kappa shape index (κ2) is 7.47. The molecule has 0 aromatic heterocycles. The van der Waals surface area contributed by atoms with Gasteiger partial charge in [-0.15, -0.1) is 0 Å². The van der Waals surface area contributed by atoms with Crippen molar-refractivity contribution in [3.05, 3.63) is 0 Å². The smallest absolute Gasteiger partial charge is 0.465 e. The molecule has 0 atom stereocenters. The van der Waals surface area contributed by atoms with Gasteiger partial charge in [0.15, 0.2) is 0 Å². The highest BCUT2D eigenvalue weighted by Gasteiger charge is 2.43. The highest BCUT2D eigenvalue weighted by molar-refractivity contribution is 5.82. The third kappa shape index (κ3) is 5.36.